The van der Waals surface area contributed by atoms with Crippen LogP contribution in [-0.2, 0) is 11.2 Å². The van der Waals surface area contributed by atoms with Gasteiger partial charge in [0.05, 0.1) is 22.8 Å². The van der Waals surface area contributed by atoms with E-state index in [1.54, 1.807) is 6.07 Å². The van der Waals surface area contributed by atoms with Gasteiger partial charge in [-0.1, -0.05) is 13.0 Å². The van der Waals surface area contributed by atoms with E-state index in [1.165, 1.54) is 18.3 Å². The van der Waals surface area contributed by atoms with Crippen molar-refractivity contribution in [2.45, 2.75) is 39.0 Å². The molecule has 5 nitrogen and oxygen atoms in total. The fourth-order valence-corrected chi connectivity index (χ4v) is 6.25. The topological polar surface area (TPSA) is 72.3 Å². The first-order valence-corrected chi connectivity index (χ1v) is 11.7. The maximum Gasteiger partial charge on any atom is 0.238 e. The molecule has 2 atom stereocenters. The number of Topliss-reactive ketones (excluding diaryl/α,β-unsaturated/α-hetero) is 1. The zero-order valence-electron chi connectivity index (χ0n) is 18.4. The van der Waals surface area contributed by atoms with Crippen molar-refractivity contribution in [1.29, 1.82) is 0 Å². The van der Waals surface area contributed by atoms with E-state index < -0.39 is 0 Å². The van der Waals surface area contributed by atoms with Crippen LogP contribution in [-0.4, -0.2) is 20.9 Å². The summed E-state index contributed by atoms with van der Waals surface area (Å²) in [6.45, 7) is 2.04. The van der Waals surface area contributed by atoms with E-state index in [0.717, 1.165) is 43.2 Å². The van der Waals surface area contributed by atoms with Gasteiger partial charge in [0.15, 0.2) is 5.78 Å². The predicted molar refractivity (Wildman–Crippen MR) is 122 cm³/mol. The Hall–Kier alpha value is -3.28. The van der Waals surface area contributed by atoms with Crippen LogP contribution in [0.4, 0.5) is 4.39 Å². The zero-order chi connectivity index (χ0) is 22.7. The van der Waals surface area contributed by atoms with Crippen molar-refractivity contribution < 1.29 is 19.0 Å². The third-order valence-electron chi connectivity index (χ3n) is 7.78. The molecule has 0 radical (unpaired) electrons. The van der Waals surface area contributed by atoms with Gasteiger partial charge in [0.1, 0.15) is 17.3 Å². The SMILES string of the molecule is CCc1ccc(Oc2cnc3cc(F)ccc3n2)cc1C1=C(O)C2C3CCC(CC3)C2C1=O. The van der Waals surface area contributed by atoms with Crippen LogP contribution < -0.4 is 4.74 Å². The lowest BCUT2D eigenvalue weighted by Crippen LogP contribution is -2.41. The van der Waals surface area contributed by atoms with Gasteiger partial charge in [-0.15, -0.1) is 0 Å². The van der Waals surface area contributed by atoms with Gasteiger partial charge in [-0.2, -0.15) is 0 Å². The molecule has 1 heterocycles. The lowest BCUT2D eigenvalue weighted by molar-refractivity contribution is -0.123. The minimum absolute atomic E-state index is 0.0268. The summed E-state index contributed by atoms with van der Waals surface area (Å²) in [5, 5.41) is 11.2. The van der Waals surface area contributed by atoms with Crippen LogP contribution in [0.5, 0.6) is 11.6 Å². The number of carbonyl (C=O) groups excluding carboxylic acids is 1. The molecule has 2 unspecified atom stereocenters. The number of ketones is 1. The van der Waals surface area contributed by atoms with Gasteiger partial charge < -0.3 is 9.84 Å². The van der Waals surface area contributed by atoms with Gasteiger partial charge in [-0.25, -0.2) is 14.4 Å². The Kier molecular flexibility index (Phi) is 4.71. The number of allylic oxidation sites excluding steroid dienone is 2. The molecule has 0 spiro atoms. The molecule has 0 saturated heterocycles. The summed E-state index contributed by atoms with van der Waals surface area (Å²) in [4.78, 5) is 22.2. The second kappa shape index (κ2) is 7.65. The first-order valence-electron chi connectivity index (χ1n) is 11.7. The highest BCUT2D eigenvalue weighted by Gasteiger charge is 2.54. The Labute approximate surface area is 191 Å². The van der Waals surface area contributed by atoms with Crippen molar-refractivity contribution >= 4 is 22.4 Å². The molecule has 6 heteroatoms. The average molecular weight is 445 g/mol. The smallest absolute Gasteiger partial charge is 0.238 e. The van der Waals surface area contributed by atoms with Gasteiger partial charge >= 0.3 is 0 Å². The van der Waals surface area contributed by atoms with E-state index in [-0.39, 0.29) is 35.1 Å². The minimum Gasteiger partial charge on any atom is -0.511 e. The summed E-state index contributed by atoms with van der Waals surface area (Å²) in [6.07, 6.45) is 6.58. The van der Waals surface area contributed by atoms with E-state index in [0.29, 0.717) is 34.2 Å². The molecule has 168 valence electrons. The summed E-state index contributed by atoms with van der Waals surface area (Å²) in [5.41, 5.74) is 3.22. The van der Waals surface area contributed by atoms with Crippen LogP contribution in [0, 0.1) is 29.5 Å². The first-order chi connectivity index (χ1) is 16.0. The molecular weight excluding hydrogens is 419 g/mol. The first kappa shape index (κ1) is 20.3. The molecule has 4 aliphatic carbocycles. The number of rotatable bonds is 4. The Balaban J connectivity index is 1.37. The van der Waals surface area contributed by atoms with Crippen LogP contribution in [0.1, 0.15) is 43.7 Å². The van der Waals surface area contributed by atoms with E-state index in [9.17, 15) is 14.3 Å². The number of halogens is 1. The molecule has 2 bridgehead atoms. The molecule has 2 aromatic carbocycles. The Bertz CT molecular complexity index is 1310. The fourth-order valence-electron chi connectivity index (χ4n) is 6.25. The maximum absolute atomic E-state index is 13.5. The third-order valence-corrected chi connectivity index (χ3v) is 7.78. The van der Waals surface area contributed by atoms with Crippen LogP contribution >= 0.6 is 0 Å². The third kappa shape index (κ3) is 3.23. The van der Waals surface area contributed by atoms with Crippen molar-refractivity contribution in [2.75, 3.05) is 0 Å². The molecule has 4 aliphatic rings. The monoisotopic (exact) mass is 444 g/mol. The van der Waals surface area contributed by atoms with Gasteiger partial charge in [-0.05, 0) is 79.3 Å². The van der Waals surface area contributed by atoms with Crippen LogP contribution in [0.3, 0.4) is 0 Å². The fraction of sp³-hybridized carbons (Fsp3) is 0.370. The molecule has 33 heavy (non-hydrogen) atoms. The number of ether oxygens (including phenoxy) is 1. The summed E-state index contributed by atoms with van der Waals surface area (Å²) < 4.78 is 19.4. The van der Waals surface area contributed by atoms with Crippen molar-refractivity contribution in [3.05, 3.63) is 65.3 Å². The van der Waals surface area contributed by atoms with Crippen LogP contribution in [0.15, 0.2) is 48.4 Å². The normalized spacial score (nSPS) is 26.2. The second-order valence-corrected chi connectivity index (χ2v) is 9.47. The van der Waals surface area contributed by atoms with Gasteiger partial charge in [0.2, 0.25) is 5.88 Å². The largest absolute Gasteiger partial charge is 0.511 e. The molecular formula is C27H25FN2O3. The molecule has 7 rings (SSSR count). The van der Waals surface area contributed by atoms with E-state index in [4.69, 9.17) is 4.74 Å². The number of fused-ring (bicyclic) bond motifs is 3. The molecule has 3 fully saturated rings. The predicted octanol–water partition coefficient (Wildman–Crippen LogP) is 6.03. The number of aromatic nitrogens is 2. The highest BCUT2D eigenvalue weighted by atomic mass is 19.1. The highest BCUT2D eigenvalue weighted by Crippen LogP contribution is 2.57. The van der Waals surface area contributed by atoms with Gasteiger partial charge in [0, 0.05) is 17.9 Å². The molecule has 1 N–H and O–H groups in total. The lowest BCUT2D eigenvalue weighted by atomic mass is 9.59. The summed E-state index contributed by atoms with van der Waals surface area (Å²) in [5.74, 6) is 1.49. The molecule has 3 saturated carbocycles. The number of hydrogen-bond donors (Lipinski definition) is 1. The second-order valence-electron chi connectivity index (χ2n) is 9.47. The Morgan fingerprint density at radius 2 is 1.79 bits per heavy atom. The number of aryl methyl sites for hydroxylation is 1. The maximum atomic E-state index is 13.5. The minimum atomic E-state index is -0.367. The lowest BCUT2D eigenvalue weighted by Gasteiger charge is -2.44. The van der Waals surface area contributed by atoms with Gasteiger partial charge in [-0.3, -0.25) is 4.79 Å². The summed E-state index contributed by atoms with van der Waals surface area (Å²) in [7, 11) is 0. The standard InChI is InChI=1S/C27H25FN2O3/c1-2-14-7-9-18(33-22-13-29-21-11-17(28)8-10-20(21)30-22)12-19(14)25-26(31)23-15-3-4-16(6-5-15)24(23)27(25)32/h7-13,15-16,23-24,31H,2-6H2,1H3. The Morgan fingerprint density at radius 1 is 1.03 bits per heavy atom. The highest BCUT2D eigenvalue weighted by molar-refractivity contribution is 6.25. The van der Waals surface area contributed by atoms with Crippen LogP contribution in [0.25, 0.3) is 16.6 Å². The molecule has 3 aromatic rings. The summed E-state index contributed by atoms with van der Waals surface area (Å²) in [6, 6.07) is 9.84. The van der Waals surface area contributed by atoms with E-state index >= 15 is 0 Å². The van der Waals surface area contributed by atoms with Crippen molar-refractivity contribution in [3.8, 4) is 11.6 Å². The van der Waals surface area contributed by atoms with Crippen molar-refractivity contribution in [1.82, 2.24) is 9.97 Å². The van der Waals surface area contributed by atoms with Gasteiger partial charge in [0.25, 0.3) is 0 Å². The van der Waals surface area contributed by atoms with Crippen molar-refractivity contribution in [2.24, 2.45) is 23.7 Å². The number of aliphatic hydroxyl groups is 1. The van der Waals surface area contributed by atoms with Crippen LogP contribution in [0.2, 0.25) is 0 Å². The number of nitrogens with zero attached hydrogens (tertiary/aromatic N) is 2. The molecule has 0 aliphatic heterocycles. The van der Waals surface area contributed by atoms with Crippen molar-refractivity contribution in [3.63, 3.8) is 0 Å². The number of carbonyl (C=O) groups is 1. The summed E-state index contributed by atoms with van der Waals surface area (Å²) >= 11 is 0. The number of benzene rings is 2. The number of aliphatic hydroxyl groups excluding tert-OH is 1. The van der Waals surface area contributed by atoms with E-state index in [2.05, 4.69) is 9.97 Å². The zero-order valence-corrected chi connectivity index (χ0v) is 18.4. The number of hydrogen-bond acceptors (Lipinski definition) is 5. The average Bonchev–Trinajstić information content (AvgIpc) is 3.12. The Morgan fingerprint density at radius 3 is 2.52 bits per heavy atom. The molecule has 1 aromatic heterocycles. The van der Waals surface area contributed by atoms with E-state index in [1.807, 2.05) is 25.1 Å². The molecule has 0 amide bonds. The quantitative estimate of drug-likeness (QED) is 0.532.